The van der Waals surface area contributed by atoms with E-state index in [9.17, 15) is 43.2 Å². The maximum Gasteiger partial charge on any atom is 0.472 e. The molecular formula is C89H174O17P2. The zero-order chi connectivity index (χ0) is 79.2. The van der Waals surface area contributed by atoms with Crippen LogP contribution in [0.4, 0.5) is 0 Å². The van der Waals surface area contributed by atoms with Crippen molar-refractivity contribution in [1.29, 1.82) is 0 Å². The molecule has 19 heteroatoms. The van der Waals surface area contributed by atoms with E-state index in [1.54, 1.807) is 0 Å². The first-order chi connectivity index (χ1) is 52.4. The highest BCUT2D eigenvalue weighted by Gasteiger charge is 2.31. The third-order valence-electron chi connectivity index (χ3n) is 21.3. The standard InChI is InChI=1S/C89H174O17P2/c1-7-10-12-14-16-18-20-22-24-25-26-27-28-29-34-38-42-46-50-54-62-68-73-88(93)105-84(77-99-86(91)71-65-59-52-48-44-40-37-33-31-30-32-36-39-43-47-51-57-63-69-81(4)5)79-103-107(95,96)101-75-83(90)76-102-108(97,98)104-80-85(78-100-87(92)72-66-60-56-55-58-64-70-82(6)9-3)106-89(94)74-67-61-53-49-45-41-35-23-21-19-17-15-13-11-8-2/h81-85,90H,7-80H2,1-6H3,(H,95,96)(H,97,98)/t82?,83-,84-,85-/m1/s1. The fraction of sp³-hybridized carbons (Fsp3) is 0.955. The highest BCUT2D eigenvalue weighted by atomic mass is 31.2. The molecule has 3 unspecified atom stereocenters. The van der Waals surface area contributed by atoms with Gasteiger partial charge in [-0.1, -0.05) is 427 Å². The van der Waals surface area contributed by atoms with Crippen LogP contribution in [0.1, 0.15) is 478 Å². The Kier molecular flexibility index (Phi) is 78.8. The first-order valence-corrected chi connectivity index (χ1v) is 49.0. The monoisotopic (exact) mass is 1580 g/mol. The van der Waals surface area contributed by atoms with E-state index in [2.05, 4.69) is 41.5 Å². The molecule has 3 N–H and O–H groups in total. The van der Waals surface area contributed by atoms with Crippen LogP contribution >= 0.6 is 15.6 Å². The van der Waals surface area contributed by atoms with Gasteiger partial charge >= 0.3 is 39.5 Å². The van der Waals surface area contributed by atoms with Crippen LogP contribution in [0.5, 0.6) is 0 Å². The summed E-state index contributed by atoms with van der Waals surface area (Å²) in [4.78, 5) is 73.3. The van der Waals surface area contributed by atoms with Crippen molar-refractivity contribution in [3.05, 3.63) is 0 Å². The number of aliphatic hydroxyl groups is 1. The smallest absolute Gasteiger partial charge is 0.462 e. The predicted molar refractivity (Wildman–Crippen MR) is 446 cm³/mol. The van der Waals surface area contributed by atoms with Crippen LogP contribution < -0.4 is 0 Å². The third kappa shape index (κ3) is 80.7. The van der Waals surface area contributed by atoms with Crippen LogP contribution in [0, 0.1) is 11.8 Å². The topological polar surface area (TPSA) is 237 Å². The highest BCUT2D eigenvalue weighted by molar-refractivity contribution is 7.47. The first-order valence-electron chi connectivity index (χ1n) is 46.0. The van der Waals surface area contributed by atoms with Gasteiger partial charge in [-0.15, -0.1) is 0 Å². The van der Waals surface area contributed by atoms with Gasteiger partial charge in [-0.2, -0.15) is 0 Å². The number of rotatable bonds is 88. The van der Waals surface area contributed by atoms with Gasteiger partial charge in [0.05, 0.1) is 26.4 Å². The minimum Gasteiger partial charge on any atom is -0.462 e. The molecule has 0 amide bonds. The fourth-order valence-corrected chi connectivity index (χ4v) is 15.5. The van der Waals surface area contributed by atoms with Gasteiger partial charge in [0.25, 0.3) is 0 Å². The molecule has 0 fully saturated rings. The molecule has 6 atom stereocenters. The molecule has 0 aromatic carbocycles. The van der Waals surface area contributed by atoms with E-state index in [4.69, 9.17) is 37.0 Å². The summed E-state index contributed by atoms with van der Waals surface area (Å²) in [6.45, 7) is 9.68. The van der Waals surface area contributed by atoms with Crippen LogP contribution in [0.15, 0.2) is 0 Å². The lowest BCUT2D eigenvalue weighted by Crippen LogP contribution is -2.30. The summed E-state index contributed by atoms with van der Waals surface area (Å²) in [7, 11) is -9.93. The number of phosphoric ester groups is 2. The summed E-state index contributed by atoms with van der Waals surface area (Å²) in [5.41, 5.74) is 0. The Hall–Kier alpha value is -1.94. The van der Waals surface area contributed by atoms with Crippen molar-refractivity contribution in [1.82, 2.24) is 0 Å². The van der Waals surface area contributed by atoms with Crippen LogP contribution in [0.25, 0.3) is 0 Å². The molecule has 0 saturated carbocycles. The van der Waals surface area contributed by atoms with Crippen molar-refractivity contribution in [2.24, 2.45) is 11.8 Å². The predicted octanol–water partition coefficient (Wildman–Crippen LogP) is 27.4. The summed E-state index contributed by atoms with van der Waals surface area (Å²) in [5.74, 6) is -0.546. The van der Waals surface area contributed by atoms with Gasteiger partial charge in [0.15, 0.2) is 12.2 Å². The number of phosphoric acid groups is 2. The average molecular weight is 1580 g/mol. The van der Waals surface area contributed by atoms with Crippen molar-refractivity contribution in [2.75, 3.05) is 39.6 Å². The van der Waals surface area contributed by atoms with Gasteiger partial charge in [-0.3, -0.25) is 37.3 Å². The fourth-order valence-electron chi connectivity index (χ4n) is 13.9. The largest absolute Gasteiger partial charge is 0.472 e. The van der Waals surface area contributed by atoms with Crippen molar-refractivity contribution in [3.63, 3.8) is 0 Å². The molecular weight excluding hydrogens is 1400 g/mol. The minimum atomic E-state index is -4.97. The third-order valence-corrected chi connectivity index (χ3v) is 23.2. The second-order valence-corrected chi connectivity index (χ2v) is 35.6. The molecule has 0 aromatic rings. The normalized spacial score (nSPS) is 14.0. The van der Waals surface area contributed by atoms with Gasteiger partial charge in [0.2, 0.25) is 0 Å². The minimum absolute atomic E-state index is 0.108. The Balaban J connectivity index is 5.21. The SMILES string of the molecule is CCCCCCCCCCCCCCCCCCCCCCCCC(=O)O[C@H](COC(=O)CCCCCCCCCCCCCCCCCCCCC(C)C)COP(=O)(O)OC[C@@H](O)COP(=O)(O)OC[C@@H](COC(=O)CCCCCCCCC(C)CC)OC(=O)CCCCCCCCCCCCCCCCC. The molecule has 642 valence electrons. The van der Waals surface area contributed by atoms with E-state index in [0.29, 0.717) is 25.7 Å². The maximum absolute atomic E-state index is 13.2. The second-order valence-electron chi connectivity index (χ2n) is 32.7. The molecule has 0 saturated heterocycles. The zero-order valence-electron chi connectivity index (χ0n) is 71.2. The lowest BCUT2D eigenvalue weighted by atomic mass is 10.00. The molecule has 108 heavy (non-hydrogen) atoms. The number of ether oxygens (including phenoxy) is 4. The molecule has 0 heterocycles. The number of carbonyl (C=O) groups excluding carboxylic acids is 4. The summed E-state index contributed by atoms with van der Waals surface area (Å²) < 4.78 is 69.0. The molecule has 0 rings (SSSR count). The molecule has 0 radical (unpaired) electrons. The molecule has 0 bridgehead atoms. The Morgan fingerprint density at radius 3 is 0.704 bits per heavy atom. The van der Waals surface area contributed by atoms with Crippen molar-refractivity contribution in [3.8, 4) is 0 Å². The number of esters is 4. The molecule has 17 nitrogen and oxygen atoms in total. The van der Waals surface area contributed by atoms with Crippen LogP contribution in [0.3, 0.4) is 0 Å². The van der Waals surface area contributed by atoms with Gasteiger partial charge in [-0.25, -0.2) is 9.13 Å². The lowest BCUT2D eigenvalue weighted by Gasteiger charge is -2.21. The lowest BCUT2D eigenvalue weighted by molar-refractivity contribution is -0.161. The maximum atomic E-state index is 13.2. The van der Waals surface area contributed by atoms with Crippen molar-refractivity contribution < 1.29 is 80.2 Å². The Morgan fingerprint density at radius 2 is 0.472 bits per heavy atom. The van der Waals surface area contributed by atoms with Crippen LogP contribution in [-0.2, 0) is 65.4 Å². The van der Waals surface area contributed by atoms with Gasteiger partial charge in [0.1, 0.15) is 19.3 Å². The molecule has 0 spiro atoms. The summed E-state index contributed by atoms with van der Waals surface area (Å²) in [5, 5.41) is 10.7. The number of hydrogen-bond donors (Lipinski definition) is 3. The van der Waals surface area contributed by atoms with Gasteiger partial charge < -0.3 is 33.8 Å². The van der Waals surface area contributed by atoms with Crippen LogP contribution in [0.2, 0.25) is 0 Å². The summed E-state index contributed by atoms with van der Waals surface area (Å²) in [6.07, 6.45) is 73.8. The number of aliphatic hydroxyl groups excluding tert-OH is 1. The second kappa shape index (κ2) is 80.3. The average Bonchev–Trinajstić information content (AvgIpc) is 0.901. The number of unbranched alkanes of at least 4 members (excludes halogenated alkanes) is 57. The van der Waals surface area contributed by atoms with E-state index in [-0.39, 0.29) is 25.7 Å². The van der Waals surface area contributed by atoms with Gasteiger partial charge in [-0.05, 0) is 37.5 Å². The Labute approximate surface area is 664 Å². The summed E-state index contributed by atoms with van der Waals surface area (Å²) in [6, 6.07) is 0. The van der Waals surface area contributed by atoms with Crippen LogP contribution in [-0.4, -0.2) is 96.7 Å². The van der Waals surface area contributed by atoms with Gasteiger partial charge in [0, 0.05) is 25.7 Å². The van der Waals surface area contributed by atoms with E-state index in [0.717, 1.165) is 108 Å². The van der Waals surface area contributed by atoms with E-state index in [1.807, 2.05) is 0 Å². The van der Waals surface area contributed by atoms with E-state index < -0.39 is 97.5 Å². The Bertz CT molecular complexity index is 2070. The first kappa shape index (κ1) is 106. The number of hydrogen-bond acceptors (Lipinski definition) is 15. The molecule has 0 aliphatic carbocycles. The zero-order valence-corrected chi connectivity index (χ0v) is 73.0. The number of carbonyl (C=O) groups is 4. The molecule has 0 aliphatic rings. The quantitative estimate of drug-likeness (QED) is 0.0222. The molecule has 0 aliphatic heterocycles. The molecule has 0 aromatic heterocycles. The summed E-state index contributed by atoms with van der Waals surface area (Å²) >= 11 is 0. The Morgan fingerprint density at radius 1 is 0.269 bits per heavy atom. The highest BCUT2D eigenvalue weighted by Crippen LogP contribution is 2.45. The van der Waals surface area contributed by atoms with E-state index in [1.165, 1.54) is 289 Å². The van der Waals surface area contributed by atoms with Crippen molar-refractivity contribution in [2.45, 2.75) is 496 Å². The van der Waals surface area contributed by atoms with Crippen molar-refractivity contribution >= 4 is 39.5 Å². The van der Waals surface area contributed by atoms with E-state index >= 15 is 0 Å².